The van der Waals surface area contributed by atoms with Gasteiger partial charge in [0, 0.05) is 12.6 Å². The highest BCUT2D eigenvalue weighted by Gasteiger charge is 2.34. The van der Waals surface area contributed by atoms with Gasteiger partial charge in [0.05, 0.1) is 5.60 Å². The van der Waals surface area contributed by atoms with Crippen LogP contribution in [0.3, 0.4) is 0 Å². The number of nitrogens with one attached hydrogen (secondary N) is 1. The van der Waals surface area contributed by atoms with Gasteiger partial charge in [0.2, 0.25) is 0 Å². The van der Waals surface area contributed by atoms with Gasteiger partial charge in [-0.3, -0.25) is 0 Å². The first kappa shape index (κ1) is 10.7. The Labute approximate surface area is 91.3 Å². The van der Waals surface area contributed by atoms with E-state index < -0.39 is 5.60 Å². The van der Waals surface area contributed by atoms with Gasteiger partial charge in [-0.15, -0.1) is 0 Å². The molecule has 0 heterocycles. The summed E-state index contributed by atoms with van der Waals surface area (Å²) < 4.78 is 0. The second-order valence-electron chi connectivity index (χ2n) is 4.84. The van der Waals surface area contributed by atoms with E-state index >= 15 is 0 Å². The van der Waals surface area contributed by atoms with E-state index in [9.17, 15) is 5.11 Å². The highest BCUT2D eigenvalue weighted by Crippen LogP contribution is 2.30. The quantitative estimate of drug-likeness (QED) is 0.786. The normalized spacial score (nSPS) is 28.5. The van der Waals surface area contributed by atoms with Crippen molar-refractivity contribution < 1.29 is 5.11 Å². The molecule has 0 saturated heterocycles. The van der Waals surface area contributed by atoms with E-state index in [0.717, 1.165) is 11.5 Å². The lowest BCUT2D eigenvalue weighted by molar-refractivity contribution is 0.0563. The molecule has 0 spiro atoms. The largest absolute Gasteiger partial charge is 0.384 e. The zero-order valence-corrected chi connectivity index (χ0v) is 9.40. The summed E-state index contributed by atoms with van der Waals surface area (Å²) in [5.41, 5.74) is 0.217. The third-order valence-corrected chi connectivity index (χ3v) is 3.21. The van der Waals surface area contributed by atoms with Crippen molar-refractivity contribution >= 4 is 0 Å². The summed E-state index contributed by atoms with van der Waals surface area (Å²) in [5.74, 6) is 0.775. The molecule has 82 valence electrons. The summed E-state index contributed by atoms with van der Waals surface area (Å²) in [6.07, 6.45) is 1.24. The Morgan fingerprint density at radius 1 is 1.40 bits per heavy atom. The first-order chi connectivity index (χ1) is 7.09. The van der Waals surface area contributed by atoms with Crippen LogP contribution in [0, 0.1) is 5.92 Å². The van der Waals surface area contributed by atoms with Crippen molar-refractivity contribution in [2.24, 2.45) is 5.92 Å². The molecule has 3 atom stereocenters. The lowest BCUT2D eigenvalue weighted by atomic mass is 9.96. The Hall–Kier alpha value is -0.860. The van der Waals surface area contributed by atoms with Gasteiger partial charge in [-0.2, -0.15) is 0 Å². The van der Waals surface area contributed by atoms with Crippen molar-refractivity contribution in [3.8, 4) is 0 Å². The molecule has 0 radical (unpaired) electrons. The minimum atomic E-state index is -0.760. The number of aliphatic hydroxyl groups is 1. The van der Waals surface area contributed by atoms with E-state index in [2.05, 4.69) is 12.2 Å². The second-order valence-corrected chi connectivity index (χ2v) is 4.84. The molecule has 2 nitrogen and oxygen atoms in total. The average molecular weight is 205 g/mol. The molecule has 15 heavy (non-hydrogen) atoms. The molecule has 1 aromatic carbocycles. The minimum Gasteiger partial charge on any atom is -0.384 e. The summed E-state index contributed by atoms with van der Waals surface area (Å²) in [4.78, 5) is 0. The van der Waals surface area contributed by atoms with E-state index in [1.54, 1.807) is 0 Å². The summed E-state index contributed by atoms with van der Waals surface area (Å²) in [6.45, 7) is 4.73. The molecule has 3 unspecified atom stereocenters. The summed E-state index contributed by atoms with van der Waals surface area (Å²) >= 11 is 0. The third-order valence-electron chi connectivity index (χ3n) is 3.21. The van der Waals surface area contributed by atoms with Gasteiger partial charge in [0.15, 0.2) is 0 Å². The van der Waals surface area contributed by atoms with Crippen LogP contribution in [0.1, 0.15) is 25.8 Å². The van der Waals surface area contributed by atoms with Crippen LogP contribution >= 0.6 is 0 Å². The van der Waals surface area contributed by atoms with Crippen LogP contribution in [-0.4, -0.2) is 17.7 Å². The molecule has 2 rings (SSSR count). The summed E-state index contributed by atoms with van der Waals surface area (Å²) in [7, 11) is 0. The Morgan fingerprint density at radius 3 is 2.53 bits per heavy atom. The van der Waals surface area contributed by atoms with Gasteiger partial charge in [-0.05, 0) is 24.8 Å². The van der Waals surface area contributed by atoms with E-state index in [1.165, 1.54) is 6.42 Å². The van der Waals surface area contributed by atoms with Crippen molar-refractivity contribution in [1.29, 1.82) is 0 Å². The zero-order chi connectivity index (χ0) is 10.9. The first-order valence-corrected chi connectivity index (χ1v) is 5.61. The Bertz CT molecular complexity index is 321. The predicted octanol–water partition coefficient (Wildman–Crippen LogP) is 1.89. The minimum absolute atomic E-state index is 0.611. The molecule has 0 bridgehead atoms. The van der Waals surface area contributed by atoms with Gasteiger partial charge < -0.3 is 10.4 Å². The van der Waals surface area contributed by atoms with Crippen LogP contribution in [0.5, 0.6) is 0 Å². The molecule has 1 aliphatic carbocycles. The van der Waals surface area contributed by atoms with E-state index in [0.29, 0.717) is 12.6 Å². The molecular weight excluding hydrogens is 186 g/mol. The zero-order valence-electron chi connectivity index (χ0n) is 9.40. The van der Waals surface area contributed by atoms with E-state index in [-0.39, 0.29) is 0 Å². The van der Waals surface area contributed by atoms with Crippen LogP contribution < -0.4 is 5.32 Å². The number of benzene rings is 1. The highest BCUT2D eigenvalue weighted by molar-refractivity contribution is 5.21. The molecule has 2 N–H and O–H groups in total. The third kappa shape index (κ3) is 2.58. The SMILES string of the molecule is CC1CC1NCC(C)(O)c1ccccc1. The number of hydrogen-bond acceptors (Lipinski definition) is 2. The van der Waals surface area contributed by atoms with Crippen LogP contribution in [0.2, 0.25) is 0 Å². The fourth-order valence-corrected chi connectivity index (χ4v) is 1.84. The molecule has 2 heteroatoms. The van der Waals surface area contributed by atoms with Crippen molar-refractivity contribution in [2.45, 2.75) is 31.9 Å². The lowest BCUT2D eigenvalue weighted by Crippen LogP contribution is -2.36. The molecule has 1 aromatic rings. The Morgan fingerprint density at radius 2 is 2.00 bits per heavy atom. The monoisotopic (exact) mass is 205 g/mol. The molecule has 1 fully saturated rings. The van der Waals surface area contributed by atoms with Gasteiger partial charge >= 0.3 is 0 Å². The van der Waals surface area contributed by atoms with Gasteiger partial charge in [0.1, 0.15) is 0 Å². The second kappa shape index (κ2) is 3.95. The van der Waals surface area contributed by atoms with Crippen LogP contribution in [0.15, 0.2) is 30.3 Å². The average Bonchev–Trinajstić information content (AvgIpc) is 2.93. The Balaban J connectivity index is 1.94. The maximum absolute atomic E-state index is 10.3. The summed E-state index contributed by atoms with van der Waals surface area (Å²) in [6, 6.07) is 10.4. The fourth-order valence-electron chi connectivity index (χ4n) is 1.84. The van der Waals surface area contributed by atoms with Gasteiger partial charge in [-0.1, -0.05) is 37.3 Å². The van der Waals surface area contributed by atoms with Crippen LogP contribution in [0.4, 0.5) is 0 Å². The van der Waals surface area contributed by atoms with Crippen LogP contribution in [0.25, 0.3) is 0 Å². The highest BCUT2D eigenvalue weighted by atomic mass is 16.3. The summed E-state index contributed by atoms with van der Waals surface area (Å²) in [5, 5.41) is 13.7. The molecule has 0 aromatic heterocycles. The van der Waals surface area contributed by atoms with Crippen molar-refractivity contribution in [3.05, 3.63) is 35.9 Å². The van der Waals surface area contributed by atoms with Crippen LogP contribution in [-0.2, 0) is 5.60 Å². The lowest BCUT2D eigenvalue weighted by Gasteiger charge is -2.24. The van der Waals surface area contributed by atoms with Crippen molar-refractivity contribution in [3.63, 3.8) is 0 Å². The molecule has 1 saturated carbocycles. The van der Waals surface area contributed by atoms with Gasteiger partial charge in [0.25, 0.3) is 0 Å². The van der Waals surface area contributed by atoms with E-state index in [1.807, 2.05) is 37.3 Å². The molecule has 1 aliphatic rings. The Kier molecular flexibility index (Phi) is 2.81. The molecule has 0 aliphatic heterocycles. The number of hydrogen-bond donors (Lipinski definition) is 2. The molecule has 0 amide bonds. The standard InChI is InChI=1S/C13H19NO/c1-10-8-12(10)14-9-13(2,15)11-6-4-3-5-7-11/h3-7,10,12,14-15H,8-9H2,1-2H3. The first-order valence-electron chi connectivity index (χ1n) is 5.61. The predicted molar refractivity (Wildman–Crippen MR) is 61.6 cm³/mol. The maximum Gasteiger partial charge on any atom is 0.0992 e. The topological polar surface area (TPSA) is 32.3 Å². The van der Waals surface area contributed by atoms with Crippen molar-refractivity contribution in [1.82, 2.24) is 5.32 Å². The molecular formula is C13H19NO. The van der Waals surface area contributed by atoms with E-state index in [4.69, 9.17) is 0 Å². The van der Waals surface area contributed by atoms with Crippen molar-refractivity contribution in [2.75, 3.05) is 6.54 Å². The number of rotatable bonds is 4. The van der Waals surface area contributed by atoms with Gasteiger partial charge in [-0.25, -0.2) is 0 Å². The maximum atomic E-state index is 10.3. The smallest absolute Gasteiger partial charge is 0.0992 e. The fraction of sp³-hybridized carbons (Fsp3) is 0.538.